The van der Waals surface area contributed by atoms with Gasteiger partial charge in [-0.2, -0.15) is 0 Å². The molecule has 57 heavy (non-hydrogen) atoms. The zero-order valence-corrected chi connectivity index (χ0v) is 38.6. The van der Waals surface area contributed by atoms with Gasteiger partial charge >= 0.3 is 17.9 Å². The van der Waals surface area contributed by atoms with Gasteiger partial charge in [-0.3, -0.25) is 14.4 Å². The average molecular weight is 807 g/mol. The summed E-state index contributed by atoms with van der Waals surface area (Å²) in [5.41, 5.74) is 0. The normalized spacial score (nSPS) is 11.8. The Labute approximate surface area is 355 Å². The van der Waals surface area contributed by atoms with Gasteiger partial charge in [0, 0.05) is 19.3 Å². The summed E-state index contributed by atoms with van der Waals surface area (Å²) in [7, 11) is 0. The fourth-order valence-corrected chi connectivity index (χ4v) is 7.74. The van der Waals surface area contributed by atoms with Crippen LogP contribution in [0.1, 0.15) is 290 Å². The first-order valence-corrected chi connectivity index (χ1v) is 25.5. The second-order valence-corrected chi connectivity index (χ2v) is 17.5. The summed E-state index contributed by atoms with van der Waals surface area (Å²) >= 11 is 0. The van der Waals surface area contributed by atoms with E-state index in [0.717, 1.165) is 57.8 Å². The van der Waals surface area contributed by atoms with Crippen LogP contribution in [0.25, 0.3) is 0 Å². The van der Waals surface area contributed by atoms with Gasteiger partial charge < -0.3 is 14.2 Å². The van der Waals surface area contributed by atoms with Crippen molar-refractivity contribution in [1.29, 1.82) is 0 Å². The molecule has 0 bridgehead atoms. The zero-order valence-electron chi connectivity index (χ0n) is 38.6. The van der Waals surface area contributed by atoms with Crippen LogP contribution in [-0.4, -0.2) is 37.2 Å². The third kappa shape index (κ3) is 45.3. The van der Waals surface area contributed by atoms with E-state index in [9.17, 15) is 14.4 Å². The second-order valence-electron chi connectivity index (χ2n) is 17.5. The highest BCUT2D eigenvalue weighted by atomic mass is 16.6. The van der Waals surface area contributed by atoms with Crippen LogP contribution in [0.3, 0.4) is 0 Å². The molecule has 0 aliphatic rings. The topological polar surface area (TPSA) is 78.9 Å². The van der Waals surface area contributed by atoms with Crippen molar-refractivity contribution in [3.05, 3.63) is 0 Å². The lowest BCUT2D eigenvalue weighted by Gasteiger charge is -2.18. The van der Waals surface area contributed by atoms with Crippen molar-refractivity contribution in [2.24, 2.45) is 0 Å². The van der Waals surface area contributed by atoms with E-state index in [1.807, 2.05) is 0 Å². The Balaban J connectivity index is 4.24. The lowest BCUT2D eigenvalue weighted by Crippen LogP contribution is -2.30. The first kappa shape index (κ1) is 55.4. The number of carbonyl (C=O) groups is 3. The first-order valence-electron chi connectivity index (χ1n) is 25.5. The molecule has 0 saturated carbocycles. The Morgan fingerprint density at radius 3 is 0.702 bits per heavy atom. The van der Waals surface area contributed by atoms with Gasteiger partial charge in [-0.15, -0.1) is 0 Å². The molecule has 0 unspecified atom stereocenters. The molecule has 0 rings (SSSR count). The second kappa shape index (κ2) is 47.1. The van der Waals surface area contributed by atoms with Gasteiger partial charge in [0.15, 0.2) is 6.10 Å². The highest BCUT2D eigenvalue weighted by Crippen LogP contribution is 2.17. The van der Waals surface area contributed by atoms with E-state index in [2.05, 4.69) is 20.8 Å². The molecule has 0 aliphatic heterocycles. The van der Waals surface area contributed by atoms with Gasteiger partial charge in [0.2, 0.25) is 0 Å². The van der Waals surface area contributed by atoms with E-state index in [1.54, 1.807) is 0 Å². The maximum Gasteiger partial charge on any atom is 0.306 e. The van der Waals surface area contributed by atoms with Gasteiger partial charge in [0.05, 0.1) is 0 Å². The molecule has 0 fully saturated rings. The molecular formula is C51H98O6. The number of ether oxygens (including phenoxy) is 3. The van der Waals surface area contributed by atoms with Crippen molar-refractivity contribution in [3.63, 3.8) is 0 Å². The Morgan fingerprint density at radius 2 is 0.474 bits per heavy atom. The third-order valence-electron chi connectivity index (χ3n) is 11.6. The Morgan fingerprint density at radius 1 is 0.281 bits per heavy atom. The molecule has 1 atom stereocenters. The summed E-state index contributed by atoms with van der Waals surface area (Å²) < 4.78 is 16.8. The molecule has 0 amide bonds. The molecule has 0 radical (unpaired) electrons. The van der Waals surface area contributed by atoms with E-state index >= 15 is 0 Å². The van der Waals surface area contributed by atoms with Crippen LogP contribution in [-0.2, 0) is 28.6 Å². The van der Waals surface area contributed by atoms with Gasteiger partial charge in [-0.25, -0.2) is 0 Å². The van der Waals surface area contributed by atoms with E-state index < -0.39 is 6.10 Å². The molecule has 0 spiro atoms. The lowest BCUT2D eigenvalue weighted by molar-refractivity contribution is -0.167. The monoisotopic (exact) mass is 807 g/mol. The molecule has 6 nitrogen and oxygen atoms in total. The third-order valence-corrected chi connectivity index (χ3v) is 11.6. The largest absolute Gasteiger partial charge is 0.462 e. The van der Waals surface area contributed by atoms with Crippen LogP contribution in [0.5, 0.6) is 0 Å². The van der Waals surface area contributed by atoms with Crippen molar-refractivity contribution in [2.75, 3.05) is 13.2 Å². The Kier molecular flexibility index (Phi) is 45.8. The number of hydrogen-bond acceptors (Lipinski definition) is 6. The van der Waals surface area contributed by atoms with Gasteiger partial charge in [0.1, 0.15) is 13.2 Å². The minimum Gasteiger partial charge on any atom is -0.462 e. The van der Waals surface area contributed by atoms with E-state index in [-0.39, 0.29) is 31.1 Å². The molecule has 338 valence electrons. The van der Waals surface area contributed by atoms with Gasteiger partial charge in [0.25, 0.3) is 0 Å². The highest BCUT2D eigenvalue weighted by Gasteiger charge is 2.19. The summed E-state index contributed by atoms with van der Waals surface area (Å²) in [6.07, 6.45) is 49.4. The summed E-state index contributed by atoms with van der Waals surface area (Å²) in [5, 5.41) is 0. The Hall–Kier alpha value is -1.59. The fourth-order valence-electron chi connectivity index (χ4n) is 7.74. The van der Waals surface area contributed by atoms with Crippen LogP contribution in [0.15, 0.2) is 0 Å². The maximum absolute atomic E-state index is 12.7. The van der Waals surface area contributed by atoms with Crippen molar-refractivity contribution in [3.8, 4) is 0 Å². The predicted molar refractivity (Wildman–Crippen MR) is 243 cm³/mol. The standard InChI is InChI=1S/C51H98O6/c1-4-7-10-13-16-19-22-24-25-26-27-28-30-33-35-38-41-44-50(53)56-47-48(57-51(54)45-42-39-36-31-21-18-15-12-9-6-3)46-55-49(52)43-40-37-34-32-29-23-20-17-14-11-8-5-2/h48H,4-47H2,1-3H3/t48-/m0/s1. The summed E-state index contributed by atoms with van der Waals surface area (Å²) in [4.78, 5) is 37.8. The molecule has 0 aliphatic carbocycles. The van der Waals surface area contributed by atoms with Crippen molar-refractivity contribution in [2.45, 2.75) is 297 Å². The van der Waals surface area contributed by atoms with Gasteiger partial charge in [-0.1, -0.05) is 252 Å². The predicted octanol–water partition coefficient (Wildman–Crippen LogP) is 16.4. The molecular weight excluding hydrogens is 709 g/mol. The van der Waals surface area contributed by atoms with Crippen molar-refractivity contribution >= 4 is 17.9 Å². The van der Waals surface area contributed by atoms with Crippen LogP contribution in [0.2, 0.25) is 0 Å². The number of hydrogen-bond donors (Lipinski definition) is 0. The van der Waals surface area contributed by atoms with Crippen molar-refractivity contribution in [1.82, 2.24) is 0 Å². The summed E-state index contributed by atoms with van der Waals surface area (Å²) in [6, 6.07) is 0. The molecule has 0 aromatic carbocycles. The van der Waals surface area contributed by atoms with Crippen LogP contribution in [0, 0.1) is 0 Å². The van der Waals surface area contributed by atoms with E-state index in [4.69, 9.17) is 14.2 Å². The number of esters is 3. The summed E-state index contributed by atoms with van der Waals surface area (Å²) in [6.45, 7) is 6.66. The summed E-state index contributed by atoms with van der Waals surface area (Å²) in [5.74, 6) is -0.844. The zero-order chi connectivity index (χ0) is 41.5. The number of unbranched alkanes of at least 4 members (excludes halogenated alkanes) is 36. The number of carbonyl (C=O) groups excluding carboxylic acids is 3. The highest BCUT2D eigenvalue weighted by molar-refractivity contribution is 5.71. The maximum atomic E-state index is 12.7. The molecule has 0 saturated heterocycles. The quantitative estimate of drug-likeness (QED) is 0.0346. The molecule has 0 aromatic rings. The molecule has 0 N–H and O–H groups in total. The van der Waals surface area contributed by atoms with Crippen LogP contribution in [0.4, 0.5) is 0 Å². The Bertz CT molecular complexity index is 844. The lowest BCUT2D eigenvalue weighted by atomic mass is 10.0. The minimum atomic E-state index is -0.758. The SMILES string of the molecule is CCCCCCCCCCCCCCCCCCCC(=O)OC[C@H](COC(=O)CCCCCCCCCCCCCC)OC(=O)CCCCCCCCCCCC. The average Bonchev–Trinajstić information content (AvgIpc) is 3.21. The van der Waals surface area contributed by atoms with E-state index in [0.29, 0.717) is 19.3 Å². The van der Waals surface area contributed by atoms with Gasteiger partial charge in [-0.05, 0) is 19.3 Å². The smallest absolute Gasteiger partial charge is 0.306 e. The molecule has 6 heteroatoms. The van der Waals surface area contributed by atoms with Crippen LogP contribution >= 0.6 is 0 Å². The minimum absolute atomic E-state index is 0.0621. The van der Waals surface area contributed by atoms with Crippen molar-refractivity contribution < 1.29 is 28.6 Å². The van der Waals surface area contributed by atoms with Crippen LogP contribution < -0.4 is 0 Å². The number of rotatable bonds is 47. The fraction of sp³-hybridized carbons (Fsp3) is 0.941. The molecule has 0 heterocycles. The molecule has 0 aromatic heterocycles. The van der Waals surface area contributed by atoms with E-state index in [1.165, 1.54) is 193 Å². The first-order chi connectivity index (χ1) is 28.0.